The van der Waals surface area contributed by atoms with Crippen LogP contribution in [0.2, 0.25) is 0 Å². The normalized spacial score (nSPS) is 16.5. The number of nitriles is 1. The van der Waals surface area contributed by atoms with Crippen LogP contribution in [0.25, 0.3) is 0 Å². The van der Waals surface area contributed by atoms with E-state index in [4.69, 9.17) is 14.2 Å². The molecule has 0 aromatic carbocycles. The van der Waals surface area contributed by atoms with E-state index in [-0.39, 0.29) is 11.9 Å². The third kappa shape index (κ3) is 4.58. The standard InChI is InChI=1S/C23H27N5O4/c1-30-22(31-2)19-6-5-16-4-3-9-28(21(16)26-19)23(29)27-20-12-18(17(13-24)14-25-20)15-7-10-32-11-8-15/h5-6,12,14-15,22H,3-4,7-11H2,1-2H3,(H,25,27,29). The largest absolute Gasteiger partial charge is 0.381 e. The van der Waals surface area contributed by atoms with Gasteiger partial charge in [0.1, 0.15) is 17.7 Å². The maximum atomic E-state index is 13.2. The van der Waals surface area contributed by atoms with Crippen molar-refractivity contribution in [2.24, 2.45) is 0 Å². The van der Waals surface area contributed by atoms with Gasteiger partial charge in [0, 0.05) is 40.2 Å². The van der Waals surface area contributed by atoms with Crippen molar-refractivity contribution in [3.05, 3.63) is 46.8 Å². The fourth-order valence-electron chi connectivity index (χ4n) is 4.28. The van der Waals surface area contributed by atoms with E-state index >= 15 is 0 Å². The molecule has 0 saturated carbocycles. The molecule has 4 rings (SSSR count). The average molecular weight is 438 g/mol. The summed E-state index contributed by atoms with van der Waals surface area (Å²) in [6.07, 6.45) is 4.31. The van der Waals surface area contributed by atoms with Crippen LogP contribution in [-0.2, 0) is 20.6 Å². The Bertz CT molecular complexity index is 1010. The summed E-state index contributed by atoms with van der Waals surface area (Å²) in [6.45, 7) is 1.88. The molecule has 2 aliphatic rings. The Morgan fingerprint density at radius 3 is 2.81 bits per heavy atom. The first kappa shape index (κ1) is 22.1. The molecule has 9 heteroatoms. The number of hydrogen-bond donors (Lipinski definition) is 1. The Morgan fingerprint density at radius 2 is 2.09 bits per heavy atom. The first-order valence-electron chi connectivity index (χ1n) is 10.8. The molecule has 0 spiro atoms. The smallest absolute Gasteiger partial charge is 0.328 e. The molecular formula is C23H27N5O4. The number of amides is 2. The summed E-state index contributed by atoms with van der Waals surface area (Å²) in [6, 6.07) is 7.55. The highest BCUT2D eigenvalue weighted by molar-refractivity contribution is 6.01. The monoisotopic (exact) mass is 437 g/mol. The highest BCUT2D eigenvalue weighted by Crippen LogP contribution is 2.31. The molecule has 32 heavy (non-hydrogen) atoms. The highest BCUT2D eigenvalue weighted by atomic mass is 16.7. The molecule has 0 unspecified atom stereocenters. The number of aryl methyl sites for hydroxylation is 1. The predicted molar refractivity (Wildman–Crippen MR) is 117 cm³/mol. The minimum Gasteiger partial charge on any atom is -0.381 e. The third-order valence-electron chi connectivity index (χ3n) is 5.93. The lowest BCUT2D eigenvalue weighted by Crippen LogP contribution is -2.39. The quantitative estimate of drug-likeness (QED) is 0.713. The van der Waals surface area contributed by atoms with E-state index < -0.39 is 6.29 Å². The molecular weight excluding hydrogens is 410 g/mol. The maximum Gasteiger partial charge on any atom is 0.328 e. The summed E-state index contributed by atoms with van der Waals surface area (Å²) >= 11 is 0. The molecule has 168 valence electrons. The highest BCUT2D eigenvalue weighted by Gasteiger charge is 2.27. The minimum absolute atomic E-state index is 0.219. The summed E-state index contributed by atoms with van der Waals surface area (Å²) in [5, 5.41) is 12.4. The second kappa shape index (κ2) is 10.0. The number of methoxy groups -OCH3 is 2. The Labute approximate surface area is 187 Å². The fraction of sp³-hybridized carbons (Fsp3) is 0.478. The Kier molecular flexibility index (Phi) is 6.95. The lowest BCUT2D eigenvalue weighted by molar-refractivity contribution is -0.108. The second-order valence-corrected chi connectivity index (χ2v) is 7.86. The minimum atomic E-state index is -0.602. The van der Waals surface area contributed by atoms with E-state index in [0.29, 0.717) is 42.7 Å². The number of carbonyl (C=O) groups is 1. The van der Waals surface area contributed by atoms with Gasteiger partial charge in [-0.05, 0) is 54.9 Å². The molecule has 0 radical (unpaired) electrons. The fourth-order valence-corrected chi connectivity index (χ4v) is 4.28. The van der Waals surface area contributed by atoms with Gasteiger partial charge in [-0.3, -0.25) is 10.2 Å². The van der Waals surface area contributed by atoms with Crippen molar-refractivity contribution in [3.8, 4) is 6.07 Å². The van der Waals surface area contributed by atoms with Gasteiger partial charge in [-0.2, -0.15) is 5.26 Å². The summed E-state index contributed by atoms with van der Waals surface area (Å²) in [5.41, 5.74) is 3.04. The molecule has 1 fully saturated rings. The molecule has 0 bridgehead atoms. The van der Waals surface area contributed by atoms with Crippen LogP contribution in [0.3, 0.4) is 0 Å². The number of nitrogens with one attached hydrogen (secondary N) is 1. The van der Waals surface area contributed by atoms with E-state index in [1.165, 1.54) is 6.20 Å². The summed E-state index contributed by atoms with van der Waals surface area (Å²) < 4.78 is 16.1. The van der Waals surface area contributed by atoms with Gasteiger partial charge in [-0.15, -0.1) is 0 Å². The molecule has 2 amide bonds. The van der Waals surface area contributed by atoms with Gasteiger partial charge in [-0.1, -0.05) is 6.07 Å². The molecule has 1 N–H and O–H groups in total. The van der Waals surface area contributed by atoms with Crippen LogP contribution in [0.4, 0.5) is 16.4 Å². The van der Waals surface area contributed by atoms with Gasteiger partial charge in [-0.25, -0.2) is 14.8 Å². The number of urea groups is 1. The van der Waals surface area contributed by atoms with Crippen molar-refractivity contribution in [1.82, 2.24) is 9.97 Å². The van der Waals surface area contributed by atoms with Crippen LogP contribution in [0.5, 0.6) is 0 Å². The summed E-state index contributed by atoms with van der Waals surface area (Å²) in [4.78, 5) is 23.8. The summed E-state index contributed by atoms with van der Waals surface area (Å²) in [5.74, 6) is 1.24. The van der Waals surface area contributed by atoms with Crippen LogP contribution in [0, 0.1) is 11.3 Å². The number of ether oxygens (including phenoxy) is 3. The lowest BCUT2D eigenvalue weighted by Gasteiger charge is -2.29. The van der Waals surface area contributed by atoms with Gasteiger partial charge < -0.3 is 14.2 Å². The Balaban J connectivity index is 1.57. The maximum absolute atomic E-state index is 13.2. The van der Waals surface area contributed by atoms with Crippen molar-refractivity contribution in [3.63, 3.8) is 0 Å². The number of pyridine rings is 2. The third-order valence-corrected chi connectivity index (χ3v) is 5.93. The van der Waals surface area contributed by atoms with Crippen molar-refractivity contribution < 1.29 is 19.0 Å². The predicted octanol–water partition coefficient (Wildman–Crippen LogP) is 3.52. The Morgan fingerprint density at radius 1 is 1.31 bits per heavy atom. The first-order valence-corrected chi connectivity index (χ1v) is 10.8. The molecule has 2 aromatic rings. The van der Waals surface area contributed by atoms with Gasteiger partial charge in [0.15, 0.2) is 0 Å². The zero-order chi connectivity index (χ0) is 22.5. The topological polar surface area (TPSA) is 110 Å². The molecule has 0 atom stereocenters. The van der Waals surface area contributed by atoms with Gasteiger partial charge >= 0.3 is 6.03 Å². The number of fused-ring (bicyclic) bond motifs is 1. The van der Waals surface area contributed by atoms with E-state index in [1.807, 2.05) is 18.2 Å². The van der Waals surface area contributed by atoms with Crippen molar-refractivity contribution in [2.45, 2.75) is 37.9 Å². The SMILES string of the molecule is COC(OC)c1ccc2c(n1)N(C(=O)Nc1cc(C3CCOCC3)c(C#N)cn1)CCC2. The van der Waals surface area contributed by atoms with Crippen LogP contribution >= 0.6 is 0 Å². The molecule has 0 aliphatic carbocycles. The number of rotatable bonds is 5. The summed E-state index contributed by atoms with van der Waals surface area (Å²) in [7, 11) is 3.10. The van der Waals surface area contributed by atoms with Gasteiger partial charge in [0.2, 0.25) is 6.29 Å². The van der Waals surface area contributed by atoms with E-state index in [2.05, 4.69) is 21.4 Å². The lowest BCUT2D eigenvalue weighted by atomic mass is 9.89. The Hall–Kier alpha value is -3.06. The number of nitrogens with zero attached hydrogens (tertiary/aromatic N) is 4. The van der Waals surface area contributed by atoms with Gasteiger partial charge in [0.05, 0.1) is 11.3 Å². The zero-order valence-corrected chi connectivity index (χ0v) is 18.3. The van der Waals surface area contributed by atoms with E-state index in [1.54, 1.807) is 19.1 Å². The molecule has 2 aromatic heterocycles. The molecule has 2 aliphatic heterocycles. The van der Waals surface area contributed by atoms with Gasteiger partial charge in [0.25, 0.3) is 0 Å². The number of hydrogen-bond acceptors (Lipinski definition) is 7. The second-order valence-electron chi connectivity index (χ2n) is 7.86. The van der Waals surface area contributed by atoms with E-state index in [9.17, 15) is 10.1 Å². The molecule has 1 saturated heterocycles. The van der Waals surface area contributed by atoms with Crippen LogP contribution < -0.4 is 10.2 Å². The van der Waals surface area contributed by atoms with Crippen molar-refractivity contribution in [2.75, 3.05) is 44.2 Å². The zero-order valence-electron chi connectivity index (χ0n) is 18.3. The average Bonchev–Trinajstić information content (AvgIpc) is 2.85. The van der Waals surface area contributed by atoms with Crippen LogP contribution in [0.15, 0.2) is 24.4 Å². The van der Waals surface area contributed by atoms with Crippen LogP contribution in [-0.4, -0.2) is 50.0 Å². The number of anilines is 2. The molecule has 4 heterocycles. The van der Waals surface area contributed by atoms with Crippen LogP contribution in [0.1, 0.15) is 53.9 Å². The number of aromatic nitrogens is 2. The first-order chi connectivity index (χ1) is 15.6. The van der Waals surface area contributed by atoms with Crippen molar-refractivity contribution >= 4 is 17.7 Å². The number of carbonyl (C=O) groups excluding carboxylic acids is 1. The van der Waals surface area contributed by atoms with E-state index in [0.717, 1.165) is 36.8 Å². The molecule has 9 nitrogen and oxygen atoms in total. The van der Waals surface area contributed by atoms with Crippen molar-refractivity contribution in [1.29, 1.82) is 5.26 Å².